The molecule has 28 heavy (non-hydrogen) atoms. The topological polar surface area (TPSA) is 99.2 Å². The van der Waals surface area contributed by atoms with Crippen molar-refractivity contribution < 1.29 is 24.2 Å². The fourth-order valence-electron chi connectivity index (χ4n) is 2.35. The number of nitrogens with zero attached hydrogens (tertiary/aromatic N) is 2. The van der Waals surface area contributed by atoms with Crippen LogP contribution in [-0.2, 0) is 22.5 Å². The van der Waals surface area contributed by atoms with E-state index < -0.39 is 24.2 Å². The lowest BCUT2D eigenvalue weighted by molar-refractivity contribution is -0.147. The summed E-state index contributed by atoms with van der Waals surface area (Å²) >= 11 is 0. The third-order valence-electron chi connectivity index (χ3n) is 4.08. The van der Waals surface area contributed by atoms with Crippen molar-refractivity contribution in [3.05, 3.63) is 71.8 Å². The van der Waals surface area contributed by atoms with Crippen molar-refractivity contribution in [3.63, 3.8) is 0 Å². The molecular weight excluding hydrogens is 362 g/mol. The zero-order chi connectivity index (χ0) is 20.5. The molecule has 0 unspecified atom stereocenters. The summed E-state index contributed by atoms with van der Waals surface area (Å²) in [6.45, 7) is 0.290. The van der Waals surface area contributed by atoms with Crippen molar-refractivity contribution in [1.82, 2.24) is 15.3 Å². The van der Waals surface area contributed by atoms with Crippen molar-refractivity contribution in [1.29, 1.82) is 0 Å². The SMILES string of the molecule is CN(C(=O)NCc1ccccc1)N(C)C(=O)O[C@@H](Cc1ccccc1)C(=O)O. The molecule has 0 fully saturated rings. The molecule has 3 amide bonds. The Morgan fingerprint density at radius 3 is 2.00 bits per heavy atom. The predicted octanol–water partition coefficient (Wildman–Crippen LogP) is 2.51. The fourth-order valence-corrected chi connectivity index (χ4v) is 2.35. The maximum Gasteiger partial charge on any atom is 0.429 e. The van der Waals surface area contributed by atoms with E-state index in [1.54, 1.807) is 24.3 Å². The molecule has 8 nitrogen and oxygen atoms in total. The first kappa shape index (κ1) is 20.8. The van der Waals surface area contributed by atoms with Crippen LogP contribution < -0.4 is 5.32 Å². The summed E-state index contributed by atoms with van der Waals surface area (Å²) in [7, 11) is 2.71. The second-order valence-electron chi connectivity index (χ2n) is 6.09. The molecule has 2 aromatic rings. The Bertz CT molecular complexity index is 798. The first-order valence-corrected chi connectivity index (χ1v) is 8.65. The van der Waals surface area contributed by atoms with Gasteiger partial charge in [-0.1, -0.05) is 60.7 Å². The molecule has 2 N–H and O–H groups in total. The van der Waals surface area contributed by atoms with Crippen molar-refractivity contribution >= 4 is 18.1 Å². The summed E-state index contributed by atoms with van der Waals surface area (Å²) in [6.07, 6.45) is -2.28. The van der Waals surface area contributed by atoms with E-state index in [0.29, 0.717) is 6.54 Å². The van der Waals surface area contributed by atoms with Crippen LogP contribution in [0.4, 0.5) is 9.59 Å². The molecule has 0 saturated carbocycles. The van der Waals surface area contributed by atoms with E-state index in [2.05, 4.69) is 5.32 Å². The summed E-state index contributed by atoms with van der Waals surface area (Å²) in [5, 5.41) is 13.9. The van der Waals surface area contributed by atoms with E-state index in [-0.39, 0.29) is 6.42 Å². The van der Waals surface area contributed by atoms with Crippen molar-refractivity contribution in [2.24, 2.45) is 0 Å². The van der Waals surface area contributed by atoms with Gasteiger partial charge in [-0.2, -0.15) is 0 Å². The zero-order valence-electron chi connectivity index (χ0n) is 15.7. The minimum absolute atomic E-state index is 0.0275. The largest absolute Gasteiger partial charge is 0.478 e. The Balaban J connectivity index is 1.91. The first-order chi connectivity index (χ1) is 13.4. The van der Waals surface area contributed by atoms with Crippen LogP contribution in [0.3, 0.4) is 0 Å². The second-order valence-corrected chi connectivity index (χ2v) is 6.09. The first-order valence-electron chi connectivity index (χ1n) is 8.65. The van der Waals surface area contributed by atoms with Gasteiger partial charge in [0.2, 0.25) is 6.10 Å². The number of carbonyl (C=O) groups excluding carboxylic acids is 2. The van der Waals surface area contributed by atoms with Crippen LogP contribution in [0.2, 0.25) is 0 Å². The van der Waals surface area contributed by atoms with Gasteiger partial charge in [-0.05, 0) is 11.1 Å². The van der Waals surface area contributed by atoms with Gasteiger partial charge in [0.25, 0.3) is 0 Å². The number of hydrazine groups is 1. The number of ether oxygens (including phenoxy) is 1. The van der Waals surface area contributed by atoms with E-state index >= 15 is 0 Å². The van der Waals surface area contributed by atoms with Gasteiger partial charge in [-0.3, -0.25) is 0 Å². The Hall–Kier alpha value is -3.55. The lowest BCUT2D eigenvalue weighted by Gasteiger charge is -2.28. The second kappa shape index (κ2) is 9.96. The Morgan fingerprint density at radius 1 is 0.929 bits per heavy atom. The van der Waals surface area contributed by atoms with Crippen LogP contribution >= 0.6 is 0 Å². The van der Waals surface area contributed by atoms with E-state index in [9.17, 15) is 19.5 Å². The molecule has 0 aliphatic carbocycles. The Labute approximate surface area is 163 Å². The van der Waals surface area contributed by atoms with Crippen molar-refractivity contribution in [3.8, 4) is 0 Å². The fraction of sp³-hybridized carbons (Fsp3) is 0.250. The normalized spacial score (nSPS) is 11.2. The number of carbonyl (C=O) groups is 3. The zero-order valence-corrected chi connectivity index (χ0v) is 15.7. The lowest BCUT2D eigenvalue weighted by Crippen LogP contribution is -2.50. The van der Waals surface area contributed by atoms with Crippen molar-refractivity contribution in [2.45, 2.75) is 19.1 Å². The van der Waals surface area contributed by atoms with E-state index in [1.165, 1.54) is 14.1 Å². The van der Waals surface area contributed by atoms with E-state index in [0.717, 1.165) is 21.1 Å². The number of urea groups is 1. The molecule has 0 radical (unpaired) electrons. The summed E-state index contributed by atoms with van der Waals surface area (Å²) in [5.41, 5.74) is 1.63. The van der Waals surface area contributed by atoms with E-state index in [4.69, 9.17) is 4.74 Å². The predicted molar refractivity (Wildman–Crippen MR) is 102 cm³/mol. The van der Waals surface area contributed by atoms with Gasteiger partial charge in [0.1, 0.15) is 0 Å². The summed E-state index contributed by atoms with van der Waals surface area (Å²) < 4.78 is 5.08. The number of rotatable bonds is 6. The third kappa shape index (κ3) is 6.01. The molecule has 0 bridgehead atoms. The Morgan fingerprint density at radius 2 is 1.46 bits per heavy atom. The van der Waals surface area contributed by atoms with Crippen molar-refractivity contribution in [2.75, 3.05) is 14.1 Å². The summed E-state index contributed by atoms with van der Waals surface area (Å²) in [5.74, 6) is -1.26. The van der Waals surface area contributed by atoms with Gasteiger partial charge in [0, 0.05) is 27.1 Å². The van der Waals surface area contributed by atoms with E-state index in [1.807, 2.05) is 36.4 Å². The molecule has 0 saturated heterocycles. The lowest BCUT2D eigenvalue weighted by atomic mass is 10.1. The van der Waals surface area contributed by atoms with Crippen LogP contribution in [0.25, 0.3) is 0 Å². The molecule has 0 aliphatic heterocycles. The molecule has 1 atom stereocenters. The highest BCUT2D eigenvalue weighted by Gasteiger charge is 2.27. The summed E-state index contributed by atoms with van der Waals surface area (Å²) in [6, 6.07) is 17.6. The van der Waals surface area contributed by atoms with Gasteiger partial charge in [-0.15, -0.1) is 0 Å². The molecule has 0 heterocycles. The molecule has 0 aliphatic rings. The van der Waals surface area contributed by atoms with Crippen LogP contribution in [0.5, 0.6) is 0 Å². The molecule has 148 valence electrons. The number of benzene rings is 2. The molecule has 2 rings (SSSR count). The number of carboxylic acid groups (broad SMARTS) is 1. The molecule has 2 aromatic carbocycles. The summed E-state index contributed by atoms with van der Waals surface area (Å²) in [4.78, 5) is 35.9. The average molecular weight is 385 g/mol. The van der Waals surface area contributed by atoms with Gasteiger partial charge in [0.15, 0.2) is 0 Å². The van der Waals surface area contributed by atoms with Gasteiger partial charge in [-0.25, -0.2) is 24.4 Å². The minimum atomic E-state index is -1.36. The molecule has 8 heteroatoms. The number of carboxylic acids is 1. The van der Waals surface area contributed by atoms with Crippen LogP contribution in [0.15, 0.2) is 60.7 Å². The maximum absolute atomic E-state index is 12.3. The maximum atomic E-state index is 12.3. The monoisotopic (exact) mass is 385 g/mol. The highest BCUT2D eigenvalue weighted by Crippen LogP contribution is 2.09. The van der Waals surface area contributed by atoms with Crippen LogP contribution in [0, 0.1) is 0 Å². The van der Waals surface area contributed by atoms with Gasteiger partial charge >= 0.3 is 18.1 Å². The average Bonchev–Trinajstić information content (AvgIpc) is 2.71. The van der Waals surface area contributed by atoms with Gasteiger partial charge < -0.3 is 15.2 Å². The number of hydrogen-bond acceptors (Lipinski definition) is 4. The molecular formula is C20H23N3O5. The smallest absolute Gasteiger partial charge is 0.429 e. The number of aliphatic carboxylic acids is 1. The van der Waals surface area contributed by atoms with Crippen LogP contribution in [0.1, 0.15) is 11.1 Å². The number of nitrogens with one attached hydrogen (secondary N) is 1. The molecule has 0 spiro atoms. The Kier molecular flexibility index (Phi) is 7.38. The standard InChI is InChI=1S/C20H23N3O5/c1-22(19(26)21-14-16-11-7-4-8-12-16)23(2)20(27)28-17(18(24)25)13-15-9-5-3-6-10-15/h3-12,17H,13-14H2,1-2H3,(H,21,26)(H,24,25)/t17-/m0/s1. The minimum Gasteiger partial charge on any atom is -0.478 e. The molecule has 0 aromatic heterocycles. The highest BCUT2D eigenvalue weighted by molar-refractivity contribution is 5.80. The van der Waals surface area contributed by atoms with Crippen LogP contribution in [-0.4, -0.2) is 53.4 Å². The highest BCUT2D eigenvalue weighted by atomic mass is 16.6. The third-order valence-corrected chi connectivity index (χ3v) is 4.08. The van der Waals surface area contributed by atoms with Gasteiger partial charge in [0.05, 0.1) is 0 Å². The quantitative estimate of drug-likeness (QED) is 0.745. The number of amides is 3. The number of hydrogen-bond donors (Lipinski definition) is 2.